The number of sulfonamides is 1. The molecule has 2 aromatic carbocycles. The zero-order valence-electron chi connectivity index (χ0n) is 18.2. The second-order valence-corrected chi connectivity index (χ2v) is 10.2. The summed E-state index contributed by atoms with van der Waals surface area (Å²) in [7, 11) is -2.06. The highest BCUT2D eigenvalue weighted by molar-refractivity contribution is 7.89. The Bertz CT molecular complexity index is 1270. The quantitative estimate of drug-likeness (QED) is 0.552. The normalized spacial score (nSPS) is 20.9. The van der Waals surface area contributed by atoms with Gasteiger partial charge in [0.2, 0.25) is 27.5 Å². The number of methoxy groups -OCH3 is 1. The van der Waals surface area contributed by atoms with E-state index in [-0.39, 0.29) is 16.5 Å². The summed E-state index contributed by atoms with van der Waals surface area (Å²) in [5.41, 5.74) is 1.51. The zero-order chi connectivity index (χ0) is 23.0. The lowest BCUT2D eigenvalue weighted by Crippen LogP contribution is -2.48. The lowest BCUT2D eigenvalue weighted by atomic mass is 10.1. The van der Waals surface area contributed by atoms with Crippen LogP contribution in [0.2, 0.25) is 0 Å². The molecule has 3 aromatic rings. The van der Waals surface area contributed by atoms with Crippen LogP contribution in [0.15, 0.2) is 63.9 Å². The average Bonchev–Trinajstić information content (AvgIpc) is 3.55. The minimum Gasteiger partial charge on any atom is -0.497 e. The number of benzene rings is 2. The monoisotopic (exact) mass is 464 g/mol. The average molecular weight is 465 g/mol. The minimum atomic E-state index is -3.60. The maximum absolute atomic E-state index is 13.0. The number of hydrogen-bond acceptors (Lipinski definition) is 7. The van der Waals surface area contributed by atoms with E-state index in [4.69, 9.17) is 9.15 Å². The molecule has 9 heteroatoms. The number of ether oxygens (including phenoxy) is 1. The first-order valence-corrected chi connectivity index (χ1v) is 12.3. The van der Waals surface area contributed by atoms with Crippen molar-refractivity contribution in [3.63, 3.8) is 0 Å². The molecule has 5 rings (SSSR count). The second-order valence-electron chi connectivity index (χ2n) is 8.24. The van der Waals surface area contributed by atoms with Crippen LogP contribution in [0.4, 0.5) is 5.88 Å². The Morgan fingerprint density at radius 2 is 1.73 bits per heavy atom. The molecule has 1 aliphatic carbocycles. The molecule has 0 amide bonds. The van der Waals surface area contributed by atoms with E-state index in [2.05, 4.69) is 23.2 Å². The van der Waals surface area contributed by atoms with E-state index >= 15 is 0 Å². The molecule has 8 nitrogen and oxygen atoms in total. The predicted octanol–water partition coefficient (Wildman–Crippen LogP) is 3.34. The number of nitrogens with zero attached hydrogens (tertiary/aromatic N) is 4. The van der Waals surface area contributed by atoms with Gasteiger partial charge in [0, 0.05) is 32.1 Å². The maximum atomic E-state index is 13.0. The van der Waals surface area contributed by atoms with Crippen LogP contribution >= 0.6 is 0 Å². The van der Waals surface area contributed by atoms with Gasteiger partial charge in [-0.3, -0.25) is 0 Å². The summed E-state index contributed by atoms with van der Waals surface area (Å²) in [4.78, 5) is 6.61. The fourth-order valence-corrected chi connectivity index (χ4v) is 5.76. The van der Waals surface area contributed by atoms with Crippen LogP contribution in [-0.4, -0.2) is 51.0 Å². The largest absolute Gasteiger partial charge is 0.497 e. The van der Waals surface area contributed by atoms with Gasteiger partial charge in [-0.2, -0.15) is 9.57 Å². The van der Waals surface area contributed by atoms with Gasteiger partial charge >= 0.3 is 0 Å². The van der Waals surface area contributed by atoms with Crippen molar-refractivity contribution >= 4 is 15.9 Å². The first-order valence-electron chi connectivity index (χ1n) is 10.9. The van der Waals surface area contributed by atoms with Crippen molar-refractivity contribution in [2.24, 2.45) is 0 Å². The van der Waals surface area contributed by atoms with Crippen LogP contribution in [0, 0.1) is 11.3 Å². The lowest BCUT2D eigenvalue weighted by molar-refractivity contribution is 0.370. The number of piperazine rings is 1. The van der Waals surface area contributed by atoms with Crippen molar-refractivity contribution in [3.05, 3.63) is 71.7 Å². The van der Waals surface area contributed by atoms with Gasteiger partial charge in [0.1, 0.15) is 11.8 Å². The third-order valence-corrected chi connectivity index (χ3v) is 8.20. The first kappa shape index (κ1) is 21.5. The SMILES string of the molecule is COc1ccc(S(=O)(=O)N2CCN(c3oc(C4CC4c4ccccc4)nc3C#N)CC2)cc1. The molecule has 0 N–H and O–H groups in total. The zero-order valence-corrected chi connectivity index (χ0v) is 19.0. The standard InChI is InChI=1S/C24H24N4O4S/c1-31-18-7-9-19(10-8-18)33(29,30)28-13-11-27(12-14-28)24-22(16-25)26-23(32-24)21-15-20(21)17-5-3-2-4-6-17/h2-10,20-21H,11-15H2,1H3. The Kier molecular flexibility index (Phi) is 5.56. The Morgan fingerprint density at radius 3 is 2.36 bits per heavy atom. The summed E-state index contributed by atoms with van der Waals surface area (Å²) < 4.78 is 38.6. The highest BCUT2D eigenvalue weighted by Crippen LogP contribution is 2.54. The maximum Gasteiger partial charge on any atom is 0.243 e. The fourth-order valence-electron chi connectivity index (χ4n) is 4.34. The van der Waals surface area contributed by atoms with Gasteiger partial charge in [-0.15, -0.1) is 0 Å². The summed E-state index contributed by atoms with van der Waals surface area (Å²) in [6.45, 7) is 1.44. The molecule has 0 radical (unpaired) electrons. The molecular weight excluding hydrogens is 440 g/mol. The van der Waals surface area contributed by atoms with Crippen molar-refractivity contribution in [1.82, 2.24) is 9.29 Å². The van der Waals surface area contributed by atoms with E-state index in [0.717, 1.165) is 6.42 Å². The van der Waals surface area contributed by atoms with Crippen molar-refractivity contribution < 1.29 is 17.6 Å². The van der Waals surface area contributed by atoms with Crippen molar-refractivity contribution in [1.29, 1.82) is 5.26 Å². The molecule has 33 heavy (non-hydrogen) atoms. The van der Waals surface area contributed by atoms with E-state index < -0.39 is 10.0 Å². The van der Waals surface area contributed by atoms with Crippen molar-refractivity contribution in [2.75, 3.05) is 38.2 Å². The number of nitriles is 1. The molecule has 0 spiro atoms. The number of rotatable bonds is 6. The molecule has 0 bridgehead atoms. The van der Waals surface area contributed by atoms with E-state index in [0.29, 0.717) is 49.6 Å². The Morgan fingerprint density at radius 1 is 1.03 bits per heavy atom. The van der Waals surface area contributed by atoms with Gasteiger partial charge in [0.15, 0.2) is 0 Å². The van der Waals surface area contributed by atoms with Crippen LogP contribution in [0.1, 0.15) is 35.4 Å². The fraction of sp³-hybridized carbons (Fsp3) is 0.333. The van der Waals surface area contributed by atoms with Gasteiger partial charge in [-0.05, 0) is 42.2 Å². The highest BCUT2D eigenvalue weighted by atomic mass is 32.2. The van der Waals surface area contributed by atoms with E-state index in [1.165, 1.54) is 17.0 Å². The van der Waals surface area contributed by atoms with Gasteiger partial charge in [-0.1, -0.05) is 30.3 Å². The molecule has 1 saturated carbocycles. The molecule has 2 unspecified atom stereocenters. The number of oxazole rings is 1. The topological polar surface area (TPSA) is 99.7 Å². The van der Waals surface area contributed by atoms with Crippen LogP contribution in [0.5, 0.6) is 5.75 Å². The van der Waals surface area contributed by atoms with E-state index in [9.17, 15) is 13.7 Å². The Hall–Kier alpha value is -3.35. The van der Waals surface area contributed by atoms with Gasteiger partial charge in [0.05, 0.1) is 12.0 Å². The van der Waals surface area contributed by atoms with Gasteiger partial charge < -0.3 is 14.1 Å². The number of hydrogen-bond donors (Lipinski definition) is 0. The molecule has 2 heterocycles. The van der Waals surface area contributed by atoms with Gasteiger partial charge in [-0.25, -0.2) is 13.4 Å². The highest BCUT2D eigenvalue weighted by Gasteiger charge is 2.44. The summed E-state index contributed by atoms with van der Waals surface area (Å²) in [5, 5.41) is 9.60. The van der Waals surface area contributed by atoms with Crippen LogP contribution in [0.3, 0.4) is 0 Å². The lowest BCUT2D eigenvalue weighted by Gasteiger charge is -2.33. The van der Waals surface area contributed by atoms with Crippen molar-refractivity contribution in [2.45, 2.75) is 23.2 Å². The molecule has 2 atom stereocenters. The number of aromatic nitrogens is 1. The minimum absolute atomic E-state index is 0.171. The van der Waals surface area contributed by atoms with Gasteiger partial charge in [0.25, 0.3) is 0 Å². The van der Waals surface area contributed by atoms with E-state index in [1.54, 1.807) is 24.3 Å². The number of anilines is 1. The third kappa shape index (κ3) is 4.08. The van der Waals surface area contributed by atoms with Crippen molar-refractivity contribution in [3.8, 4) is 11.8 Å². The smallest absolute Gasteiger partial charge is 0.243 e. The third-order valence-electron chi connectivity index (χ3n) is 6.29. The molecule has 2 aliphatic rings. The molecule has 1 aromatic heterocycles. The van der Waals surface area contributed by atoms with E-state index in [1.807, 2.05) is 23.1 Å². The molecule has 1 saturated heterocycles. The summed E-state index contributed by atoms with van der Waals surface area (Å²) in [6, 6.07) is 18.7. The Balaban J connectivity index is 1.28. The molecule has 2 fully saturated rings. The predicted molar refractivity (Wildman–Crippen MR) is 122 cm³/mol. The molecule has 170 valence electrons. The summed E-state index contributed by atoms with van der Waals surface area (Å²) in [6.07, 6.45) is 0.947. The van der Waals surface area contributed by atoms with Crippen LogP contribution in [-0.2, 0) is 10.0 Å². The molecular formula is C24H24N4O4S. The molecule has 1 aliphatic heterocycles. The second kappa shape index (κ2) is 8.54. The van der Waals surface area contributed by atoms with Crippen LogP contribution < -0.4 is 9.64 Å². The summed E-state index contributed by atoms with van der Waals surface area (Å²) in [5.74, 6) is 2.16. The van der Waals surface area contributed by atoms with Crippen LogP contribution in [0.25, 0.3) is 0 Å². The first-order chi connectivity index (χ1) is 16.0. The summed E-state index contributed by atoms with van der Waals surface area (Å²) >= 11 is 0. The Labute approximate surface area is 193 Å².